The van der Waals surface area contributed by atoms with E-state index in [1.807, 2.05) is 6.92 Å². The van der Waals surface area contributed by atoms with E-state index in [1.54, 1.807) is 6.92 Å². The number of carbonyl (C=O) groups excluding carboxylic acids is 1. The van der Waals surface area contributed by atoms with Crippen molar-refractivity contribution in [3.63, 3.8) is 0 Å². The summed E-state index contributed by atoms with van der Waals surface area (Å²) in [7, 11) is 0. The standard InChI is InChI=1S/C11H18O4/c1-8(2)11(12)15-10-7-13-6-4-5-9(3)14-10/h9-10H,1,4-7H2,2-3H3. The van der Waals surface area contributed by atoms with Crippen molar-refractivity contribution in [1.82, 2.24) is 0 Å². The molecule has 86 valence electrons. The van der Waals surface area contributed by atoms with Crippen LogP contribution in [0.5, 0.6) is 0 Å². The number of ether oxygens (including phenoxy) is 3. The lowest BCUT2D eigenvalue weighted by molar-refractivity contribution is -0.204. The summed E-state index contributed by atoms with van der Waals surface area (Å²) in [5.74, 6) is -0.434. The first-order valence-electron chi connectivity index (χ1n) is 5.19. The van der Waals surface area contributed by atoms with E-state index in [2.05, 4.69) is 6.58 Å². The van der Waals surface area contributed by atoms with Crippen molar-refractivity contribution in [1.29, 1.82) is 0 Å². The number of rotatable bonds is 2. The van der Waals surface area contributed by atoms with Crippen LogP contribution in [-0.2, 0) is 19.0 Å². The minimum absolute atomic E-state index is 0.0943. The van der Waals surface area contributed by atoms with Gasteiger partial charge in [-0.2, -0.15) is 0 Å². The van der Waals surface area contributed by atoms with Gasteiger partial charge in [-0.15, -0.1) is 0 Å². The zero-order chi connectivity index (χ0) is 11.3. The summed E-state index contributed by atoms with van der Waals surface area (Å²) in [6.07, 6.45) is 1.38. The topological polar surface area (TPSA) is 44.8 Å². The fourth-order valence-electron chi connectivity index (χ4n) is 1.30. The van der Waals surface area contributed by atoms with Crippen molar-refractivity contribution in [2.45, 2.75) is 39.1 Å². The Hall–Kier alpha value is -0.870. The molecule has 0 aromatic carbocycles. The van der Waals surface area contributed by atoms with Gasteiger partial charge in [0.1, 0.15) is 6.61 Å². The molecule has 1 heterocycles. The maximum Gasteiger partial charge on any atom is 0.335 e. The van der Waals surface area contributed by atoms with Gasteiger partial charge < -0.3 is 14.2 Å². The molecule has 0 spiro atoms. The molecule has 4 heteroatoms. The Morgan fingerprint density at radius 3 is 2.93 bits per heavy atom. The SMILES string of the molecule is C=C(C)C(=O)OC1COCCCC(C)O1. The summed E-state index contributed by atoms with van der Waals surface area (Å²) < 4.78 is 15.9. The molecule has 0 saturated carbocycles. The highest BCUT2D eigenvalue weighted by atomic mass is 16.7. The number of hydrogen-bond donors (Lipinski definition) is 0. The number of hydrogen-bond acceptors (Lipinski definition) is 4. The van der Waals surface area contributed by atoms with Crippen molar-refractivity contribution < 1.29 is 19.0 Å². The van der Waals surface area contributed by atoms with Crippen molar-refractivity contribution in [3.8, 4) is 0 Å². The van der Waals surface area contributed by atoms with Crippen LogP contribution >= 0.6 is 0 Å². The van der Waals surface area contributed by atoms with E-state index >= 15 is 0 Å². The van der Waals surface area contributed by atoms with Gasteiger partial charge in [-0.1, -0.05) is 6.58 Å². The van der Waals surface area contributed by atoms with Crippen LogP contribution in [0.4, 0.5) is 0 Å². The summed E-state index contributed by atoms with van der Waals surface area (Å²) in [6.45, 7) is 8.07. The average Bonchev–Trinajstić information content (AvgIpc) is 2.13. The summed E-state index contributed by atoms with van der Waals surface area (Å²) in [5, 5.41) is 0. The fourth-order valence-corrected chi connectivity index (χ4v) is 1.30. The molecule has 0 aromatic rings. The monoisotopic (exact) mass is 214 g/mol. The normalized spacial score (nSPS) is 27.6. The Balaban J connectivity index is 2.43. The molecule has 0 radical (unpaired) electrons. The molecule has 1 fully saturated rings. The molecular weight excluding hydrogens is 196 g/mol. The highest BCUT2D eigenvalue weighted by Crippen LogP contribution is 2.12. The van der Waals surface area contributed by atoms with Gasteiger partial charge in [-0.3, -0.25) is 0 Å². The molecule has 0 aromatic heterocycles. The third-order valence-corrected chi connectivity index (χ3v) is 2.12. The second kappa shape index (κ2) is 5.88. The minimum Gasteiger partial charge on any atom is -0.430 e. The van der Waals surface area contributed by atoms with E-state index in [0.717, 1.165) is 12.8 Å². The molecular formula is C11H18O4. The van der Waals surface area contributed by atoms with Gasteiger partial charge in [0, 0.05) is 12.2 Å². The molecule has 0 bridgehead atoms. The van der Waals surface area contributed by atoms with E-state index in [1.165, 1.54) is 0 Å². The Morgan fingerprint density at radius 2 is 2.27 bits per heavy atom. The molecule has 1 aliphatic rings. The first kappa shape index (κ1) is 12.2. The predicted octanol–water partition coefficient (Wildman–Crippen LogP) is 1.65. The lowest BCUT2D eigenvalue weighted by atomic mass is 10.2. The molecule has 0 amide bonds. The van der Waals surface area contributed by atoms with Crippen LogP contribution in [0.1, 0.15) is 26.7 Å². The van der Waals surface area contributed by atoms with Crippen molar-refractivity contribution in [2.24, 2.45) is 0 Å². The number of carbonyl (C=O) groups is 1. The third kappa shape index (κ3) is 4.44. The molecule has 4 nitrogen and oxygen atoms in total. The van der Waals surface area contributed by atoms with Crippen LogP contribution in [0.15, 0.2) is 12.2 Å². The van der Waals surface area contributed by atoms with Gasteiger partial charge in [0.05, 0.1) is 6.10 Å². The maximum atomic E-state index is 11.3. The zero-order valence-electron chi connectivity index (χ0n) is 9.32. The van der Waals surface area contributed by atoms with Gasteiger partial charge in [0.25, 0.3) is 0 Å². The van der Waals surface area contributed by atoms with Crippen molar-refractivity contribution in [3.05, 3.63) is 12.2 Å². The maximum absolute atomic E-state index is 11.3. The smallest absolute Gasteiger partial charge is 0.335 e. The Labute approximate surface area is 90.2 Å². The van der Waals surface area contributed by atoms with E-state index in [4.69, 9.17) is 14.2 Å². The average molecular weight is 214 g/mol. The van der Waals surface area contributed by atoms with E-state index in [-0.39, 0.29) is 6.10 Å². The molecule has 15 heavy (non-hydrogen) atoms. The lowest BCUT2D eigenvalue weighted by Gasteiger charge is -2.25. The highest BCUT2D eigenvalue weighted by molar-refractivity contribution is 5.87. The van der Waals surface area contributed by atoms with Crippen LogP contribution < -0.4 is 0 Å². The zero-order valence-corrected chi connectivity index (χ0v) is 9.32. The highest BCUT2D eigenvalue weighted by Gasteiger charge is 2.20. The molecule has 2 unspecified atom stereocenters. The fraction of sp³-hybridized carbons (Fsp3) is 0.727. The van der Waals surface area contributed by atoms with E-state index in [9.17, 15) is 4.79 Å². The predicted molar refractivity (Wildman–Crippen MR) is 55.3 cm³/mol. The van der Waals surface area contributed by atoms with Crippen LogP contribution in [0.3, 0.4) is 0 Å². The molecule has 0 N–H and O–H groups in total. The largest absolute Gasteiger partial charge is 0.430 e. The van der Waals surface area contributed by atoms with Crippen LogP contribution in [-0.4, -0.2) is 31.6 Å². The van der Waals surface area contributed by atoms with Gasteiger partial charge in [0.15, 0.2) is 0 Å². The summed E-state index contributed by atoms with van der Waals surface area (Å²) in [5.41, 5.74) is 0.369. The van der Waals surface area contributed by atoms with Crippen molar-refractivity contribution in [2.75, 3.05) is 13.2 Å². The van der Waals surface area contributed by atoms with Crippen LogP contribution in [0, 0.1) is 0 Å². The second-order valence-electron chi connectivity index (χ2n) is 3.78. The summed E-state index contributed by atoms with van der Waals surface area (Å²) >= 11 is 0. The first-order chi connectivity index (χ1) is 7.09. The third-order valence-electron chi connectivity index (χ3n) is 2.12. The van der Waals surface area contributed by atoms with E-state index < -0.39 is 12.3 Å². The molecule has 1 saturated heterocycles. The van der Waals surface area contributed by atoms with Gasteiger partial charge in [-0.05, 0) is 26.7 Å². The van der Waals surface area contributed by atoms with Crippen molar-refractivity contribution >= 4 is 5.97 Å². The second-order valence-corrected chi connectivity index (χ2v) is 3.78. The molecule has 1 aliphatic heterocycles. The lowest BCUT2D eigenvalue weighted by Crippen LogP contribution is -2.32. The van der Waals surface area contributed by atoms with Crippen LogP contribution in [0.2, 0.25) is 0 Å². The Kier molecular flexibility index (Phi) is 4.78. The van der Waals surface area contributed by atoms with Gasteiger partial charge in [0.2, 0.25) is 6.29 Å². The summed E-state index contributed by atoms with van der Waals surface area (Å²) in [6, 6.07) is 0. The molecule has 2 atom stereocenters. The Bertz CT molecular complexity index is 237. The Morgan fingerprint density at radius 1 is 1.53 bits per heavy atom. The summed E-state index contributed by atoms with van der Waals surface area (Å²) in [4.78, 5) is 11.3. The quantitative estimate of drug-likeness (QED) is 0.518. The molecule has 0 aliphatic carbocycles. The van der Waals surface area contributed by atoms with Gasteiger partial charge in [-0.25, -0.2) is 4.79 Å². The van der Waals surface area contributed by atoms with Crippen LogP contribution in [0.25, 0.3) is 0 Å². The van der Waals surface area contributed by atoms with Gasteiger partial charge >= 0.3 is 5.97 Å². The minimum atomic E-state index is -0.607. The molecule has 1 rings (SSSR count). The first-order valence-corrected chi connectivity index (χ1v) is 5.19. The number of esters is 1. The van der Waals surface area contributed by atoms with E-state index in [0.29, 0.717) is 18.8 Å².